The summed E-state index contributed by atoms with van der Waals surface area (Å²) in [7, 11) is 0. The number of nitrogens with one attached hydrogen (secondary N) is 1. The van der Waals surface area contributed by atoms with E-state index in [4.69, 9.17) is 4.74 Å². The van der Waals surface area contributed by atoms with Gasteiger partial charge < -0.3 is 15.2 Å². The van der Waals surface area contributed by atoms with Gasteiger partial charge >= 0.3 is 0 Å². The molecule has 1 atom stereocenters. The first-order valence-electron chi connectivity index (χ1n) is 7.63. The van der Waals surface area contributed by atoms with Crippen molar-refractivity contribution in [1.82, 2.24) is 5.32 Å². The van der Waals surface area contributed by atoms with Gasteiger partial charge in [-0.05, 0) is 30.9 Å². The van der Waals surface area contributed by atoms with Gasteiger partial charge in [0.2, 0.25) is 0 Å². The maximum atomic E-state index is 9.89. The lowest BCUT2D eigenvalue weighted by Gasteiger charge is -2.33. The topological polar surface area (TPSA) is 41.5 Å². The molecule has 0 heterocycles. The highest BCUT2D eigenvalue weighted by Gasteiger charge is 2.30. The lowest BCUT2D eigenvalue weighted by molar-refractivity contribution is 0.0745. The van der Waals surface area contributed by atoms with Crippen LogP contribution in [0.1, 0.15) is 39.2 Å². The number of likely N-dealkylation sites (N-methyl/N-ethyl adjacent to an activating group) is 1. The molecule has 3 heteroatoms. The molecule has 0 saturated carbocycles. The van der Waals surface area contributed by atoms with Gasteiger partial charge in [0.1, 0.15) is 0 Å². The van der Waals surface area contributed by atoms with Crippen molar-refractivity contribution < 1.29 is 9.84 Å². The number of aliphatic hydroxyl groups is 1. The molecule has 1 unspecified atom stereocenters. The molecule has 0 aromatic heterocycles. The quantitative estimate of drug-likeness (QED) is 0.647. The number of benzene rings is 1. The molecule has 2 N–H and O–H groups in total. The van der Waals surface area contributed by atoms with E-state index in [-0.39, 0.29) is 6.61 Å². The number of aliphatic hydroxyl groups excluding tert-OH is 1. The molecule has 0 saturated heterocycles. The van der Waals surface area contributed by atoms with Crippen molar-refractivity contribution in [2.45, 2.75) is 39.2 Å². The minimum Gasteiger partial charge on any atom is -0.394 e. The number of ether oxygens (including phenoxy) is 1. The maximum Gasteiger partial charge on any atom is 0.0691 e. The fourth-order valence-corrected chi connectivity index (χ4v) is 2.32. The predicted molar refractivity (Wildman–Crippen MR) is 83.8 cm³/mol. The maximum absolute atomic E-state index is 9.89. The second-order valence-electron chi connectivity index (χ2n) is 5.68. The second kappa shape index (κ2) is 9.11. The molecular formula is C17H29NO2. The molecule has 1 aromatic carbocycles. The average molecular weight is 279 g/mol. The van der Waals surface area contributed by atoms with Crippen LogP contribution in [0.2, 0.25) is 0 Å². The number of rotatable bonds is 10. The van der Waals surface area contributed by atoms with Crippen LogP contribution in [0.3, 0.4) is 0 Å². The Labute approximate surface area is 123 Å². The van der Waals surface area contributed by atoms with Gasteiger partial charge in [0, 0.05) is 13.2 Å². The van der Waals surface area contributed by atoms with Crippen LogP contribution in [0.5, 0.6) is 0 Å². The summed E-state index contributed by atoms with van der Waals surface area (Å²) in [4.78, 5) is 0. The Morgan fingerprint density at radius 3 is 2.45 bits per heavy atom. The zero-order valence-corrected chi connectivity index (χ0v) is 13.1. The third-order valence-corrected chi connectivity index (χ3v) is 3.62. The zero-order chi connectivity index (χ0) is 14.8. The lowest BCUT2D eigenvalue weighted by atomic mass is 9.87. The van der Waals surface area contributed by atoms with Crippen LogP contribution in [0.4, 0.5) is 0 Å². The monoisotopic (exact) mass is 279 g/mol. The highest BCUT2D eigenvalue weighted by Crippen LogP contribution is 2.24. The number of hydrogen-bond donors (Lipinski definition) is 2. The van der Waals surface area contributed by atoms with Crippen molar-refractivity contribution in [1.29, 1.82) is 0 Å². The SMILES string of the molecule is CCNC(CO)(CCOCCC(C)C)c1ccccc1. The van der Waals surface area contributed by atoms with E-state index in [0.717, 1.165) is 31.6 Å². The fourth-order valence-electron chi connectivity index (χ4n) is 2.32. The summed E-state index contributed by atoms with van der Waals surface area (Å²) >= 11 is 0. The van der Waals surface area contributed by atoms with Gasteiger partial charge in [-0.25, -0.2) is 0 Å². The van der Waals surface area contributed by atoms with Crippen LogP contribution in [0.15, 0.2) is 30.3 Å². The van der Waals surface area contributed by atoms with Gasteiger partial charge in [-0.3, -0.25) is 0 Å². The van der Waals surface area contributed by atoms with Gasteiger partial charge in [-0.15, -0.1) is 0 Å². The first-order valence-corrected chi connectivity index (χ1v) is 7.63. The van der Waals surface area contributed by atoms with Gasteiger partial charge in [0.25, 0.3) is 0 Å². The van der Waals surface area contributed by atoms with Gasteiger partial charge in [-0.1, -0.05) is 51.1 Å². The van der Waals surface area contributed by atoms with E-state index in [1.807, 2.05) is 18.2 Å². The van der Waals surface area contributed by atoms with Crippen molar-refractivity contribution in [2.24, 2.45) is 5.92 Å². The van der Waals surface area contributed by atoms with E-state index in [9.17, 15) is 5.11 Å². The molecule has 1 rings (SSSR count). The summed E-state index contributed by atoms with van der Waals surface area (Å²) in [6, 6.07) is 10.1. The van der Waals surface area contributed by atoms with Crippen molar-refractivity contribution in [3.05, 3.63) is 35.9 Å². The predicted octanol–water partition coefficient (Wildman–Crippen LogP) is 2.94. The Kier molecular flexibility index (Phi) is 7.82. The van der Waals surface area contributed by atoms with Crippen LogP contribution in [0, 0.1) is 5.92 Å². The Bertz CT molecular complexity index is 353. The summed E-state index contributed by atoms with van der Waals surface area (Å²) in [5.41, 5.74) is 0.727. The van der Waals surface area contributed by atoms with Crippen LogP contribution in [0.25, 0.3) is 0 Å². The Balaban J connectivity index is 2.60. The highest BCUT2D eigenvalue weighted by atomic mass is 16.5. The summed E-state index contributed by atoms with van der Waals surface area (Å²) in [6.45, 7) is 8.82. The number of hydrogen-bond acceptors (Lipinski definition) is 3. The summed E-state index contributed by atoms with van der Waals surface area (Å²) in [5.74, 6) is 0.667. The van der Waals surface area contributed by atoms with E-state index in [1.54, 1.807) is 0 Å². The molecule has 114 valence electrons. The molecule has 20 heavy (non-hydrogen) atoms. The standard InChI is InChI=1S/C17H29NO2/c1-4-18-17(14-19,16-8-6-5-7-9-16)11-13-20-12-10-15(2)3/h5-9,15,18-19H,4,10-14H2,1-3H3. The molecular weight excluding hydrogens is 250 g/mol. The molecule has 0 aliphatic rings. The van der Waals surface area contributed by atoms with Crippen molar-refractivity contribution in [3.63, 3.8) is 0 Å². The Hall–Kier alpha value is -0.900. The normalized spacial score (nSPS) is 14.4. The van der Waals surface area contributed by atoms with E-state index in [1.165, 1.54) is 0 Å². The highest BCUT2D eigenvalue weighted by molar-refractivity contribution is 5.24. The summed E-state index contributed by atoms with van der Waals surface area (Å²) in [6.07, 6.45) is 1.86. The van der Waals surface area contributed by atoms with Crippen molar-refractivity contribution in [2.75, 3.05) is 26.4 Å². The fraction of sp³-hybridized carbons (Fsp3) is 0.647. The van der Waals surface area contributed by atoms with Crippen molar-refractivity contribution in [3.8, 4) is 0 Å². The average Bonchev–Trinajstić information content (AvgIpc) is 2.46. The summed E-state index contributed by atoms with van der Waals surface area (Å²) < 4.78 is 5.72. The van der Waals surface area contributed by atoms with Gasteiger partial charge in [0.15, 0.2) is 0 Å². The first kappa shape index (κ1) is 17.2. The van der Waals surface area contributed by atoms with Gasteiger partial charge in [-0.2, -0.15) is 0 Å². The summed E-state index contributed by atoms with van der Waals surface area (Å²) in [5, 5.41) is 13.3. The molecule has 0 fully saturated rings. The molecule has 3 nitrogen and oxygen atoms in total. The molecule has 0 spiro atoms. The first-order chi connectivity index (χ1) is 9.64. The molecule has 0 radical (unpaired) electrons. The molecule has 1 aromatic rings. The third-order valence-electron chi connectivity index (χ3n) is 3.62. The van der Waals surface area contributed by atoms with Crippen LogP contribution in [-0.4, -0.2) is 31.5 Å². The van der Waals surface area contributed by atoms with Gasteiger partial charge in [0.05, 0.1) is 12.1 Å². The van der Waals surface area contributed by atoms with Crippen LogP contribution in [-0.2, 0) is 10.3 Å². The van der Waals surface area contributed by atoms with Crippen LogP contribution >= 0.6 is 0 Å². The molecule has 0 amide bonds. The largest absolute Gasteiger partial charge is 0.394 e. The van der Waals surface area contributed by atoms with E-state index >= 15 is 0 Å². The van der Waals surface area contributed by atoms with E-state index in [2.05, 4.69) is 38.2 Å². The third kappa shape index (κ3) is 5.23. The molecule has 0 aliphatic heterocycles. The van der Waals surface area contributed by atoms with E-state index in [0.29, 0.717) is 12.5 Å². The minimum absolute atomic E-state index is 0.0817. The zero-order valence-electron chi connectivity index (χ0n) is 13.1. The lowest BCUT2D eigenvalue weighted by Crippen LogP contribution is -2.46. The molecule has 0 aliphatic carbocycles. The minimum atomic E-state index is -0.395. The van der Waals surface area contributed by atoms with Crippen molar-refractivity contribution >= 4 is 0 Å². The molecule has 0 bridgehead atoms. The Morgan fingerprint density at radius 1 is 1.20 bits per heavy atom. The van der Waals surface area contributed by atoms with E-state index < -0.39 is 5.54 Å². The smallest absolute Gasteiger partial charge is 0.0691 e. The second-order valence-corrected chi connectivity index (χ2v) is 5.68. The van der Waals surface area contributed by atoms with Crippen LogP contribution < -0.4 is 5.32 Å². The Morgan fingerprint density at radius 2 is 1.90 bits per heavy atom.